The second-order valence-corrected chi connectivity index (χ2v) is 9.51. The second kappa shape index (κ2) is 8.13. The van der Waals surface area contributed by atoms with Gasteiger partial charge in [0.15, 0.2) is 0 Å². The third-order valence-corrected chi connectivity index (χ3v) is 7.50. The molecule has 0 radical (unpaired) electrons. The van der Waals surface area contributed by atoms with Crippen molar-refractivity contribution in [1.29, 1.82) is 0 Å². The van der Waals surface area contributed by atoms with Crippen LogP contribution in [0.5, 0.6) is 0 Å². The van der Waals surface area contributed by atoms with Crippen molar-refractivity contribution in [3.8, 4) is 0 Å². The first-order chi connectivity index (χ1) is 14.4. The van der Waals surface area contributed by atoms with E-state index in [1.807, 2.05) is 25.1 Å². The standard InChI is InChI=1S/C23H21ClN2O3S/c1-16-13-19-14-17(23(27)25-15-18-7-5-6-10-21(18)24)11-12-22(19)26(16)30(28,29)20-8-3-2-4-9-20/h2-12,14,16H,13,15H2,1H3,(H,25,27)/t16-/m1/s1. The second-order valence-electron chi connectivity index (χ2n) is 7.28. The predicted molar refractivity (Wildman–Crippen MR) is 118 cm³/mol. The Balaban J connectivity index is 1.57. The van der Waals surface area contributed by atoms with E-state index in [1.54, 1.807) is 54.6 Å². The van der Waals surface area contributed by atoms with Crippen molar-refractivity contribution in [2.24, 2.45) is 0 Å². The number of sulfonamides is 1. The van der Waals surface area contributed by atoms with Gasteiger partial charge in [-0.25, -0.2) is 8.42 Å². The smallest absolute Gasteiger partial charge is 0.264 e. The van der Waals surface area contributed by atoms with Crippen molar-refractivity contribution in [2.45, 2.75) is 30.8 Å². The van der Waals surface area contributed by atoms with Gasteiger partial charge in [0.1, 0.15) is 0 Å². The van der Waals surface area contributed by atoms with E-state index in [1.165, 1.54) is 4.31 Å². The summed E-state index contributed by atoms with van der Waals surface area (Å²) in [5.74, 6) is -0.227. The van der Waals surface area contributed by atoms with Gasteiger partial charge in [0.25, 0.3) is 15.9 Å². The van der Waals surface area contributed by atoms with Crippen LogP contribution in [-0.4, -0.2) is 20.4 Å². The molecule has 0 saturated heterocycles. The highest BCUT2D eigenvalue weighted by atomic mass is 35.5. The molecule has 3 aromatic carbocycles. The molecule has 5 nitrogen and oxygen atoms in total. The third-order valence-electron chi connectivity index (χ3n) is 5.19. The van der Waals surface area contributed by atoms with E-state index in [0.29, 0.717) is 29.2 Å². The molecule has 154 valence electrons. The zero-order chi connectivity index (χ0) is 21.3. The summed E-state index contributed by atoms with van der Waals surface area (Å²) in [4.78, 5) is 12.9. The monoisotopic (exact) mass is 440 g/mol. The Morgan fingerprint density at radius 2 is 1.77 bits per heavy atom. The van der Waals surface area contributed by atoms with Gasteiger partial charge < -0.3 is 5.32 Å². The molecule has 0 aromatic heterocycles. The summed E-state index contributed by atoms with van der Waals surface area (Å²) < 4.78 is 27.8. The molecule has 0 spiro atoms. The first-order valence-electron chi connectivity index (χ1n) is 9.62. The average molecular weight is 441 g/mol. The minimum atomic E-state index is -3.67. The van der Waals surface area contributed by atoms with Gasteiger partial charge in [-0.3, -0.25) is 9.10 Å². The predicted octanol–water partition coefficient (Wildman–Crippen LogP) is 4.41. The zero-order valence-corrected chi connectivity index (χ0v) is 18.0. The van der Waals surface area contributed by atoms with E-state index >= 15 is 0 Å². The Morgan fingerprint density at radius 1 is 1.07 bits per heavy atom. The van der Waals surface area contributed by atoms with E-state index in [4.69, 9.17) is 11.6 Å². The lowest BCUT2D eigenvalue weighted by molar-refractivity contribution is 0.0951. The first-order valence-corrected chi connectivity index (χ1v) is 11.4. The molecule has 7 heteroatoms. The molecule has 1 amide bonds. The van der Waals surface area contributed by atoms with E-state index < -0.39 is 10.0 Å². The van der Waals surface area contributed by atoms with Crippen LogP contribution in [0.1, 0.15) is 28.4 Å². The molecule has 30 heavy (non-hydrogen) atoms. The fraction of sp³-hybridized carbons (Fsp3) is 0.174. The SMILES string of the molecule is C[C@@H]1Cc2cc(C(=O)NCc3ccccc3Cl)ccc2N1S(=O)(=O)c1ccccc1. The van der Waals surface area contributed by atoms with Crippen LogP contribution >= 0.6 is 11.6 Å². The highest BCUT2D eigenvalue weighted by molar-refractivity contribution is 7.92. The summed E-state index contributed by atoms with van der Waals surface area (Å²) >= 11 is 6.14. The molecule has 1 atom stereocenters. The lowest BCUT2D eigenvalue weighted by atomic mass is 10.1. The van der Waals surface area contributed by atoms with Gasteiger partial charge in [-0.2, -0.15) is 0 Å². The van der Waals surface area contributed by atoms with Gasteiger partial charge in [-0.05, 0) is 60.9 Å². The number of amides is 1. The topological polar surface area (TPSA) is 66.5 Å². The van der Waals surface area contributed by atoms with Crippen molar-refractivity contribution in [2.75, 3.05) is 4.31 Å². The van der Waals surface area contributed by atoms with Crippen LogP contribution in [-0.2, 0) is 23.0 Å². The van der Waals surface area contributed by atoms with Crippen LogP contribution in [0.4, 0.5) is 5.69 Å². The Labute approximate surface area is 181 Å². The number of hydrogen-bond donors (Lipinski definition) is 1. The maximum absolute atomic E-state index is 13.2. The van der Waals surface area contributed by atoms with Gasteiger partial charge in [0, 0.05) is 23.2 Å². The molecule has 1 N–H and O–H groups in total. The molecule has 4 rings (SSSR count). The van der Waals surface area contributed by atoms with Gasteiger partial charge >= 0.3 is 0 Å². The van der Waals surface area contributed by atoms with Crippen molar-refractivity contribution in [3.63, 3.8) is 0 Å². The van der Waals surface area contributed by atoms with Crippen molar-refractivity contribution < 1.29 is 13.2 Å². The van der Waals surface area contributed by atoms with Crippen molar-refractivity contribution in [3.05, 3.63) is 94.5 Å². The fourth-order valence-corrected chi connectivity index (χ4v) is 5.65. The number of hydrogen-bond acceptors (Lipinski definition) is 3. The summed E-state index contributed by atoms with van der Waals surface area (Å²) in [6, 6.07) is 20.6. The van der Waals surface area contributed by atoms with Gasteiger partial charge in [0.05, 0.1) is 10.6 Å². The number of anilines is 1. The van der Waals surface area contributed by atoms with Gasteiger partial charge in [0.2, 0.25) is 0 Å². The maximum atomic E-state index is 13.2. The summed E-state index contributed by atoms with van der Waals surface area (Å²) in [7, 11) is -3.67. The van der Waals surface area contributed by atoms with Crippen LogP contribution in [0.3, 0.4) is 0 Å². The highest BCUT2D eigenvalue weighted by Crippen LogP contribution is 2.37. The number of carbonyl (C=O) groups is 1. The van der Waals surface area contributed by atoms with Crippen LogP contribution in [0.15, 0.2) is 77.7 Å². The summed E-state index contributed by atoms with van der Waals surface area (Å²) in [5.41, 5.74) is 2.79. The number of fused-ring (bicyclic) bond motifs is 1. The lowest BCUT2D eigenvalue weighted by Gasteiger charge is -2.24. The van der Waals surface area contributed by atoms with E-state index in [0.717, 1.165) is 11.1 Å². The number of benzene rings is 3. The largest absolute Gasteiger partial charge is 0.348 e. The molecule has 0 aliphatic carbocycles. The number of halogens is 1. The molecular formula is C23H21ClN2O3S. The van der Waals surface area contributed by atoms with Crippen LogP contribution in [0, 0.1) is 0 Å². The van der Waals surface area contributed by atoms with E-state index in [2.05, 4.69) is 5.32 Å². The quantitative estimate of drug-likeness (QED) is 0.639. The van der Waals surface area contributed by atoms with E-state index in [9.17, 15) is 13.2 Å². The highest BCUT2D eigenvalue weighted by Gasteiger charge is 2.36. The minimum absolute atomic E-state index is 0.227. The zero-order valence-electron chi connectivity index (χ0n) is 16.4. The number of nitrogens with one attached hydrogen (secondary N) is 1. The van der Waals surface area contributed by atoms with Crippen LogP contribution < -0.4 is 9.62 Å². The summed E-state index contributed by atoms with van der Waals surface area (Å²) in [5, 5.41) is 3.47. The number of rotatable bonds is 5. The Hall–Kier alpha value is -2.83. The molecule has 1 heterocycles. The molecule has 0 unspecified atom stereocenters. The normalized spacial score (nSPS) is 15.7. The molecule has 0 saturated carbocycles. The Bertz CT molecular complexity index is 1200. The maximum Gasteiger partial charge on any atom is 0.264 e. The number of nitrogens with zero attached hydrogens (tertiary/aromatic N) is 1. The minimum Gasteiger partial charge on any atom is -0.348 e. The average Bonchev–Trinajstić information content (AvgIpc) is 3.09. The molecule has 1 aliphatic heterocycles. The molecular weight excluding hydrogens is 420 g/mol. The van der Waals surface area contributed by atoms with Gasteiger partial charge in [-0.1, -0.05) is 48.0 Å². The Kier molecular flexibility index (Phi) is 5.54. The van der Waals surface area contributed by atoms with Crippen LogP contribution in [0.2, 0.25) is 5.02 Å². The Morgan fingerprint density at radius 3 is 2.50 bits per heavy atom. The molecule has 0 bridgehead atoms. The van der Waals surface area contributed by atoms with Gasteiger partial charge in [-0.15, -0.1) is 0 Å². The third kappa shape index (κ3) is 3.80. The molecule has 3 aromatic rings. The van der Waals surface area contributed by atoms with E-state index in [-0.39, 0.29) is 16.8 Å². The molecule has 1 aliphatic rings. The molecule has 0 fully saturated rings. The van der Waals surface area contributed by atoms with Crippen molar-refractivity contribution in [1.82, 2.24) is 5.32 Å². The fourth-order valence-electron chi connectivity index (χ4n) is 3.74. The summed E-state index contributed by atoms with van der Waals surface area (Å²) in [6.07, 6.45) is 0.549. The van der Waals surface area contributed by atoms with Crippen molar-refractivity contribution >= 4 is 33.2 Å². The number of carbonyl (C=O) groups excluding carboxylic acids is 1. The van der Waals surface area contributed by atoms with Crippen LogP contribution in [0.25, 0.3) is 0 Å². The summed E-state index contributed by atoms with van der Waals surface area (Å²) in [6.45, 7) is 2.19. The first kappa shape index (κ1) is 20.4. The lowest BCUT2D eigenvalue weighted by Crippen LogP contribution is -2.35.